The van der Waals surface area contributed by atoms with Crippen molar-refractivity contribution in [1.82, 2.24) is 10.2 Å². The van der Waals surface area contributed by atoms with Crippen molar-refractivity contribution in [1.29, 1.82) is 0 Å². The van der Waals surface area contributed by atoms with Gasteiger partial charge in [-0.25, -0.2) is 0 Å². The van der Waals surface area contributed by atoms with Crippen molar-refractivity contribution in [2.45, 2.75) is 56.9 Å². The van der Waals surface area contributed by atoms with Crippen LogP contribution in [0.15, 0.2) is 0 Å². The van der Waals surface area contributed by atoms with E-state index >= 15 is 0 Å². The lowest BCUT2D eigenvalue weighted by Gasteiger charge is -2.35. The summed E-state index contributed by atoms with van der Waals surface area (Å²) in [5.41, 5.74) is 0. The molecule has 2 fully saturated rings. The van der Waals surface area contributed by atoms with Crippen LogP contribution < -0.4 is 5.32 Å². The molecule has 0 amide bonds. The molecule has 0 aliphatic carbocycles. The predicted octanol–water partition coefficient (Wildman–Crippen LogP) is 2.34. The van der Waals surface area contributed by atoms with Gasteiger partial charge in [0.05, 0.1) is 0 Å². The Labute approximate surface area is 105 Å². The smallest absolute Gasteiger partial charge is 0.0220 e. The summed E-state index contributed by atoms with van der Waals surface area (Å²) >= 11 is 2.15. The quantitative estimate of drug-likeness (QED) is 0.814. The lowest BCUT2D eigenvalue weighted by Crippen LogP contribution is -2.48. The van der Waals surface area contributed by atoms with E-state index in [4.69, 9.17) is 0 Å². The largest absolute Gasteiger partial charge is 0.313 e. The Bertz CT molecular complexity index is 204. The fourth-order valence-corrected chi connectivity index (χ4v) is 4.34. The van der Waals surface area contributed by atoms with Gasteiger partial charge in [0.1, 0.15) is 0 Å². The van der Waals surface area contributed by atoms with Gasteiger partial charge in [-0.2, -0.15) is 11.8 Å². The molecule has 1 N–H and O–H groups in total. The molecule has 2 saturated heterocycles. The van der Waals surface area contributed by atoms with Gasteiger partial charge in [-0.05, 0) is 38.1 Å². The molecule has 0 bridgehead atoms. The minimum atomic E-state index is 0.756. The molecule has 16 heavy (non-hydrogen) atoms. The monoisotopic (exact) mass is 242 g/mol. The maximum atomic E-state index is 3.67. The highest BCUT2D eigenvalue weighted by Crippen LogP contribution is 2.30. The molecule has 0 aromatic rings. The summed E-state index contributed by atoms with van der Waals surface area (Å²) in [5, 5.41) is 4.51. The topological polar surface area (TPSA) is 15.3 Å². The Kier molecular flexibility index (Phi) is 4.98. The number of piperidine rings is 1. The van der Waals surface area contributed by atoms with Crippen LogP contribution >= 0.6 is 11.8 Å². The molecule has 3 heteroatoms. The van der Waals surface area contributed by atoms with Crippen LogP contribution in [0.1, 0.15) is 39.5 Å². The third kappa shape index (κ3) is 3.14. The first-order valence-electron chi connectivity index (χ1n) is 6.90. The molecule has 3 atom stereocenters. The van der Waals surface area contributed by atoms with Crippen molar-refractivity contribution in [3.05, 3.63) is 0 Å². The fourth-order valence-electron chi connectivity index (χ4n) is 3.06. The summed E-state index contributed by atoms with van der Waals surface area (Å²) in [4.78, 5) is 2.72. The second-order valence-corrected chi connectivity index (χ2v) is 6.65. The van der Waals surface area contributed by atoms with Crippen LogP contribution in [0.25, 0.3) is 0 Å². The van der Waals surface area contributed by atoms with E-state index in [1.54, 1.807) is 0 Å². The van der Waals surface area contributed by atoms with Crippen molar-refractivity contribution >= 4 is 11.8 Å². The van der Waals surface area contributed by atoms with Gasteiger partial charge in [0.2, 0.25) is 0 Å². The minimum Gasteiger partial charge on any atom is -0.313 e. The van der Waals surface area contributed by atoms with Crippen molar-refractivity contribution in [2.24, 2.45) is 0 Å². The number of nitrogens with one attached hydrogen (secondary N) is 1. The Morgan fingerprint density at radius 2 is 2.19 bits per heavy atom. The molecule has 2 rings (SSSR count). The van der Waals surface area contributed by atoms with E-state index in [1.165, 1.54) is 51.1 Å². The summed E-state index contributed by atoms with van der Waals surface area (Å²) in [7, 11) is 0. The van der Waals surface area contributed by atoms with Crippen LogP contribution in [0.4, 0.5) is 0 Å². The molecule has 2 nitrogen and oxygen atoms in total. The summed E-state index contributed by atoms with van der Waals surface area (Å²) < 4.78 is 0. The van der Waals surface area contributed by atoms with Crippen LogP contribution in [-0.2, 0) is 0 Å². The van der Waals surface area contributed by atoms with Crippen molar-refractivity contribution in [2.75, 3.05) is 25.4 Å². The molecule has 0 spiro atoms. The number of rotatable bonds is 4. The Balaban J connectivity index is 1.84. The molecular weight excluding hydrogens is 216 g/mol. The maximum absolute atomic E-state index is 3.67. The zero-order valence-electron chi connectivity index (χ0n) is 10.7. The Morgan fingerprint density at radius 3 is 2.75 bits per heavy atom. The average Bonchev–Trinajstić information content (AvgIpc) is 2.74. The van der Waals surface area contributed by atoms with Gasteiger partial charge < -0.3 is 5.32 Å². The molecule has 0 radical (unpaired) electrons. The lowest BCUT2D eigenvalue weighted by atomic mass is 10.0. The first-order chi connectivity index (χ1) is 7.81. The van der Waals surface area contributed by atoms with E-state index in [9.17, 15) is 0 Å². The summed E-state index contributed by atoms with van der Waals surface area (Å²) in [6.45, 7) is 8.44. The Morgan fingerprint density at radius 1 is 1.31 bits per heavy atom. The zero-order valence-corrected chi connectivity index (χ0v) is 11.6. The molecule has 2 aliphatic rings. The third-order valence-corrected chi connectivity index (χ3v) is 5.39. The van der Waals surface area contributed by atoms with Gasteiger partial charge in [0.15, 0.2) is 0 Å². The summed E-state index contributed by atoms with van der Waals surface area (Å²) in [6, 6.07) is 1.59. The number of thioether (sulfide) groups is 1. The van der Waals surface area contributed by atoms with Crippen LogP contribution in [0.3, 0.4) is 0 Å². The zero-order chi connectivity index (χ0) is 11.4. The van der Waals surface area contributed by atoms with E-state index in [0.29, 0.717) is 0 Å². The maximum Gasteiger partial charge on any atom is 0.0220 e. The van der Waals surface area contributed by atoms with Crippen LogP contribution in [0, 0.1) is 0 Å². The van der Waals surface area contributed by atoms with Crippen molar-refractivity contribution in [3.63, 3.8) is 0 Å². The standard InChI is InChI=1S/C13H26N2S/c1-3-15(13-7-9-16-11(13)2)10-12-6-4-5-8-14-12/h11-14H,3-10H2,1-2H3. The molecule has 0 aromatic heterocycles. The minimum absolute atomic E-state index is 0.756. The van der Waals surface area contributed by atoms with Crippen molar-refractivity contribution < 1.29 is 0 Å². The van der Waals surface area contributed by atoms with Crippen LogP contribution in [-0.4, -0.2) is 47.6 Å². The van der Waals surface area contributed by atoms with Crippen molar-refractivity contribution in [3.8, 4) is 0 Å². The molecule has 2 aliphatic heterocycles. The van der Waals surface area contributed by atoms with Gasteiger partial charge >= 0.3 is 0 Å². The van der Waals surface area contributed by atoms with Gasteiger partial charge in [-0.3, -0.25) is 4.90 Å². The number of nitrogens with zero attached hydrogens (tertiary/aromatic N) is 1. The molecule has 2 heterocycles. The van der Waals surface area contributed by atoms with Gasteiger partial charge in [-0.15, -0.1) is 0 Å². The van der Waals surface area contributed by atoms with E-state index in [1.807, 2.05) is 0 Å². The lowest BCUT2D eigenvalue weighted by molar-refractivity contribution is 0.174. The molecule has 94 valence electrons. The SMILES string of the molecule is CCN(CC1CCCCN1)C1CCSC1C. The van der Waals surface area contributed by atoms with Gasteiger partial charge in [-0.1, -0.05) is 20.3 Å². The molecule has 0 saturated carbocycles. The van der Waals surface area contributed by atoms with E-state index in [-0.39, 0.29) is 0 Å². The fraction of sp³-hybridized carbons (Fsp3) is 1.00. The average molecular weight is 242 g/mol. The van der Waals surface area contributed by atoms with Gasteiger partial charge in [0, 0.05) is 23.9 Å². The molecule has 3 unspecified atom stereocenters. The summed E-state index contributed by atoms with van der Waals surface area (Å²) in [5.74, 6) is 1.36. The second-order valence-electron chi connectivity index (χ2n) is 5.17. The number of likely N-dealkylation sites (N-methyl/N-ethyl adjacent to an activating group) is 1. The van der Waals surface area contributed by atoms with E-state index in [2.05, 4.69) is 35.8 Å². The second kappa shape index (κ2) is 6.27. The highest BCUT2D eigenvalue weighted by atomic mass is 32.2. The normalized spacial score (nSPS) is 35.8. The molecule has 0 aromatic carbocycles. The number of hydrogen-bond acceptors (Lipinski definition) is 3. The Hall–Kier alpha value is 0.270. The van der Waals surface area contributed by atoms with Gasteiger partial charge in [0.25, 0.3) is 0 Å². The molecular formula is C13H26N2S. The third-order valence-electron chi connectivity index (χ3n) is 4.08. The van der Waals surface area contributed by atoms with Crippen LogP contribution in [0.2, 0.25) is 0 Å². The van der Waals surface area contributed by atoms with E-state index < -0.39 is 0 Å². The predicted molar refractivity (Wildman–Crippen MR) is 73.2 cm³/mol. The number of hydrogen-bond donors (Lipinski definition) is 1. The first kappa shape index (κ1) is 12.7. The summed E-state index contributed by atoms with van der Waals surface area (Å²) in [6.07, 6.45) is 5.57. The first-order valence-corrected chi connectivity index (χ1v) is 7.95. The van der Waals surface area contributed by atoms with E-state index in [0.717, 1.165) is 17.3 Å². The van der Waals surface area contributed by atoms with Crippen LogP contribution in [0.5, 0.6) is 0 Å². The highest BCUT2D eigenvalue weighted by molar-refractivity contribution is 8.00. The highest BCUT2D eigenvalue weighted by Gasteiger charge is 2.30.